The number of nitrogens with zero attached hydrogens (tertiary/aromatic N) is 2. The average molecular weight is 289 g/mol. The summed E-state index contributed by atoms with van der Waals surface area (Å²) in [5, 5.41) is 0. The highest BCUT2D eigenvalue weighted by molar-refractivity contribution is 5.97. The Morgan fingerprint density at radius 2 is 2.14 bits per heavy atom. The maximum atomic E-state index is 12.0. The van der Waals surface area contributed by atoms with E-state index in [4.69, 9.17) is 10.5 Å². The molecule has 2 aliphatic rings. The minimum Gasteiger partial charge on any atom is -0.465 e. The van der Waals surface area contributed by atoms with Crippen LogP contribution in [0.4, 0.5) is 11.4 Å². The molecular formula is C16H23N3O2. The maximum absolute atomic E-state index is 12.0. The van der Waals surface area contributed by atoms with Crippen LogP contribution in [-0.4, -0.2) is 50.2 Å². The molecule has 0 bridgehead atoms. The Balaban J connectivity index is 1.85. The molecule has 1 aromatic rings. The van der Waals surface area contributed by atoms with Gasteiger partial charge in [-0.05, 0) is 37.6 Å². The Kier molecular flexibility index (Phi) is 4.01. The van der Waals surface area contributed by atoms with E-state index < -0.39 is 0 Å². The second-order valence-electron chi connectivity index (χ2n) is 5.90. The summed E-state index contributed by atoms with van der Waals surface area (Å²) in [4.78, 5) is 16.9. The topological polar surface area (TPSA) is 58.8 Å². The van der Waals surface area contributed by atoms with Crippen molar-refractivity contribution in [2.75, 3.05) is 43.9 Å². The Hall–Kier alpha value is -1.75. The molecule has 1 unspecified atom stereocenters. The summed E-state index contributed by atoms with van der Waals surface area (Å²) >= 11 is 0. The van der Waals surface area contributed by atoms with Crippen LogP contribution in [-0.2, 0) is 4.74 Å². The van der Waals surface area contributed by atoms with E-state index in [2.05, 4.69) is 9.80 Å². The molecule has 0 amide bonds. The number of nitrogens with two attached hydrogens (primary N) is 1. The first-order valence-electron chi connectivity index (χ1n) is 7.66. The van der Waals surface area contributed by atoms with E-state index in [9.17, 15) is 4.79 Å². The SMILES string of the molecule is COC(=O)c1cc(N)ccc1N1CCN2CCCCC2C1. The molecular weight excluding hydrogens is 266 g/mol. The van der Waals surface area contributed by atoms with Crippen molar-refractivity contribution in [2.24, 2.45) is 0 Å². The van der Waals surface area contributed by atoms with Crippen LogP contribution in [0.15, 0.2) is 18.2 Å². The quantitative estimate of drug-likeness (QED) is 0.664. The van der Waals surface area contributed by atoms with Gasteiger partial charge in [0.05, 0.1) is 18.4 Å². The Bertz CT molecular complexity index is 532. The number of esters is 1. The van der Waals surface area contributed by atoms with Gasteiger partial charge in [0.15, 0.2) is 0 Å². The lowest BCUT2D eigenvalue weighted by Crippen LogP contribution is -2.55. The third-order valence-electron chi connectivity index (χ3n) is 4.60. The normalized spacial score (nSPS) is 22.7. The largest absolute Gasteiger partial charge is 0.465 e. The maximum Gasteiger partial charge on any atom is 0.340 e. The summed E-state index contributed by atoms with van der Waals surface area (Å²) in [5.41, 5.74) is 7.93. The Morgan fingerprint density at radius 3 is 2.95 bits per heavy atom. The fraction of sp³-hybridized carbons (Fsp3) is 0.562. The molecule has 1 atom stereocenters. The summed E-state index contributed by atoms with van der Waals surface area (Å²) in [5.74, 6) is -0.316. The summed E-state index contributed by atoms with van der Waals surface area (Å²) < 4.78 is 4.90. The van der Waals surface area contributed by atoms with Gasteiger partial charge in [-0.15, -0.1) is 0 Å². The van der Waals surface area contributed by atoms with E-state index in [-0.39, 0.29) is 5.97 Å². The van der Waals surface area contributed by atoms with Gasteiger partial charge in [-0.3, -0.25) is 4.90 Å². The van der Waals surface area contributed by atoms with Crippen LogP contribution >= 0.6 is 0 Å². The number of fused-ring (bicyclic) bond motifs is 1. The summed E-state index contributed by atoms with van der Waals surface area (Å²) in [6.45, 7) is 4.21. The molecule has 2 aliphatic heterocycles. The van der Waals surface area contributed by atoms with Crippen LogP contribution in [0.25, 0.3) is 0 Å². The van der Waals surface area contributed by atoms with Crippen molar-refractivity contribution in [3.8, 4) is 0 Å². The minimum atomic E-state index is -0.316. The fourth-order valence-corrected chi connectivity index (χ4v) is 3.48. The number of piperidine rings is 1. The van der Waals surface area contributed by atoms with Gasteiger partial charge in [0.25, 0.3) is 0 Å². The van der Waals surface area contributed by atoms with Gasteiger partial charge >= 0.3 is 5.97 Å². The Labute approximate surface area is 125 Å². The predicted octanol–water partition coefficient (Wildman–Crippen LogP) is 1.73. The zero-order valence-corrected chi connectivity index (χ0v) is 12.5. The van der Waals surface area contributed by atoms with Crippen molar-refractivity contribution in [1.82, 2.24) is 4.90 Å². The van der Waals surface area contributed by atoms with Gasteiger partial charge in [-0.2, -0.15) is 0 Å². The van der Waals surface area contributed by atoms with E-state index in [1.54, 1.807) is 6.07 Å². The van der Waals surface area contributed by atoms with Gasteiger partial charge in [-0.25, -0.2) is 4.79 Å². The summed E-state index contributed by atoms with van der Waals surface area (Å²) in [7, 11) is 1.41. The zero-order chi connectivity index (χ0) is 14.8. The van der Waals surface area contributed by atoms with Gasteiger partial charge in [0, 0.05) is 31.4 Å². The monoisotopic (exact) mass is 289 g/mol. The number of benzene rings is 1. The number of anilines is 2. The zero-order valence-electron chi connectivity index (χ0n) is 12.5. The van der Waals surface area contributed by atoms with Crippen LogP contribution in [0.3, 0.4) is 0 Å². The second kappa shape index (κ2) is 5.93. The van der Waals surface area contributed by atoms with Gasteiger partial charge in [-0.1, -0.05) is 6.42 Å². The van der Waals surface area contributed by atoms with Crippen molar-refractivity contribution >= 4 is 17.3 Å². The summed E-state index contributed by atoms with van der Waals surface area (Å²) in [6, 6.07) is 6.12. The predicted molar refractivity (Wildman–Crippen MR) is 83.6 cm³/mol. The van der Waals surface area contributed by atoms with Crippen molar-refractivity contribution in [2.45, 2.75) is 25.3 Å². The first-order chi connectivity index (χ1) is 10.2. The van der Waals surface area contributed by atoms with Crippen LogP contribution in [0.1, 0.15) is 29.6 Å². The fourth-order valence-electron chi connectivity index (χ4n) is 3.48. The van der Waals surface area contributed by atoms with E-state index >= 15 is 0 Å². The van der Waals surface area contributed by atoms with Crippen molar-refractivity contribution in [3.05, 3.63) is 23.8 Å². The molecule has 3 rings (SSSR count). The number of ether oxygens (including phenoxy) is 1. The van der Waals surface area contributed by atoms with Crippen LogP contribution in [0, 0.1) is 0 Å². The first-order valence-corrected chi connectivity index (χ1v) is 7.66. The van der Waals surface area contributed by atoms with Crippen molar-refractivity contribution < 1.29 is 9.53 Å². The molecule has 0 saturated carbocycles. The highest BCUT2D eigenvalue weighted by atomic mass is 16.5. The molecule has 0 aromatic heterocycles. The number of hydrogen-bond acceptors (Lipinski definition) is 5. The minimum absolute atomic E-state index is 0.316. The van der Waals surface area contributed by atoms with Gasteiger partial charge in [0.1, 0.15) is 0 Å². The lowest BCUT2D eigenvalue weighted by Gasteiger charge is -2.45. The highest BCUT2D eigenvalue weighted by Gasteiger charge is 2.30. The second-order valence-corrected chi connectivity index (χ2v) is 5.90. The molecule has 0 radical (unpaired) electrons. The number of carbonyl (C=O) groups excluding carboxylic acids is 1. The molecule has 2 N–H and O–H groups in total. The Morgan fingerprint density at radius 1 is 1.29 bits per heavy atom. The number of carbonyl (C=O) groups is 1. The number of rotatable bonds is 2. The third-order valence-corrected chi connectivity index (χ3v) is 4.60. The van der Waals surface area contributed by atoms with E-state index in [1.165, 1.54) is 32.9 Å². The summed E-state index contributed by atoms with van der Waals surface area (Å²) in [6.07, 6.45) is 3.87. The lowest BCUT2D eigenvalue weighted by molar-refractivity contribution is 0.0601. The molecule has 114 valence electrons. The molecule has 2 fully saturated rings. The highest BCUT2D eigenvalue weighted by Crippen LogP contribution is 2.29. The van der Waals surface area contributed by atoms with Gasteiger partial charge < -0.3 is 15.4 Å². The lowest BCUT2D eigenvalue weighted by atomic mass is 9.98. The number of nitrogen functional groups attached to an aromatic ring is 1. The van der Waals surface area contributed by atoms with E-state index in [1.807, 2.05) is 12.1 Å². The van der Waals surface area contributed by atoms with Crippen molar-refractivity contribution in [3.63, 3.8) is 0 Å². The molecule has 1 aromatic carbocycles. The average Bonchev–Trinajstić information content (AvgIpc) is 2.53. The molecule has 0 aliphatic carbocycles. The molecule has 21 heavy (non-hydrogen) atoms. The third kappa shape index (κ3) is 2.83. The number of hydrogen-bond donors (Lipinski definition) is 1. The smallest absolute Gasteiger partial charge is 0.340 e. The van der Waals surface area contributed by atoms with Crippen LogP contribution in [0.2, 0.25) is 0 Å². The molecule has 2 saturated heterocycles. The number of piperazine rings is 1. The first kappa shape index (κ1) is 14.2. The molecule has 5 heteroatoms. The van der Waals surface area contributed by atoms with Crippen LogP contribution in [0.5, 0.6) is 0 Å². The standard InChI is InChI=1S/C16H23N3O2/c1-21-16(20)14-10-12(17)5-6-15(14)19-9-8-18-7-3-2-4-13(18)11-19/h5-6,10,13H,2-4,7-9,11,17H2,1H3. The van der Waals surface area contributed by atoms with E-state index in [0.717, 1.165) is 25.3 Å². The number of methoxy groups -OCH3 is 1. The molecule has 0 spiro atoms. The molecule has 5 nitrogen and oxygen atoms in total. The van der Waals surface area contributed by atoms with E-state index in [0.29, 0.717) is 17.3 Å². The molecule has 2 heterocycles. The van der Waals surface area contributed by atoms with Gasteiger partial charge in [0.2, 0.25) is 0 Å². The van der Waals surface area contributed by atoms with Crippen LogP contribution < -0.4 is 10.6 Å². The van der Waals surface area contributed by atoms with Crippen molar-refractivity contribution in [1.29, 1.82) is 0 Å².